The lowest BCUT2D eigenvalue weighted by atomic mass is 9.48. The first-order chi connectivity index (χ1) is 16.4. The van der Waals surface area contributed by atoms with Crippen molar-refractivity contribution in [3.8, 4) is 0 Å². The van der Waals surface area contributed by atoms with Crippen molar-refractivity contribution >= 4 is 17.5 Å². The Hall–Kier alpha value is -2.31. The minimum Gasteiger partial charge on any atom is -0.325 e. The number of para-hydroxylation sites is 1. The van der Waals surface area contributed by atoms with Gasteiger partial charge in [0.05, 0.1) is 11.3 Å². The molecule has 4 aliphatic rings. The molecule has 0 radical (unpaired) electrons. The second-order valence-electron chi connectivity index (χ2n) is 11.9. The first-order valence-corrected chi connectivity index (χ1v) is 12.8. The Balaban J connectivity index is 1.47. The highest BCUT2D eigenvalue weighted by Crippen LogP contribution is 2.66. The third-order valence-corrected chi connectivity index (χ3v) is 9.92. The third kappa shape index (κ3) is 3.72. The van der Waals surface area contributed by atoms with E-state index in [-0.39, 0.29) is 17.0 Å². The van der Waals surface area contributed by atoms with Crippen LogP contribution in [0.25, 0.3) is 0 Å². The Kier molecular flexibility index (Phi) is 5.65. The van der Waals surface area contributed by atoms with Gasteiger partial charge in [0, 0.05) is 18.2 Å². The SMILES string of the molecule is CC1=C2N(C)C(=O)C(C(=O)Nc3ccccc3C(F)(F)F)C[C@]2(C)[C@@H]2CC[C@]3(C)CCC[C@H]3[C@@H]2C1. The van der Waals surface area contributed by atoms with Crippen LogP contribution in [-0.2, 0) is 15.8 Å². The van der Waals surface area contributed by atoms with E-state index in [0.717, 1.165) is 31.0 Å². The minimum absolute atomic E-state index is 0.302. The second kappa shape index (κ2) is 8.10. The van der Waals surface area contributed by atoms with E-state index in [4.69, 9.17) is 0 Å². The summed E-state index contributed by atoms with van der Waals surface area (Å²) < 4.78 is 40.5. The van der Waals surface area contributed by atoms with E-state index in [9.17, 15) is 22.8 Å². The van der Waals surface area contributed by atoms with Gasteiger partial charge in [-0.1, -0.05) is 38.0 Å². The summed E-state index contributed by atoms with van der Waals surface area (Å²) in [5, 5.41) is 2.45. The van der Waals surface area contributed by atoms with Crippen LogP contribution in [0.4, 0.5) is 18.9 Å². The molecule has 2 saturated carbocycles. The van der Waals surface area contributed by atoms with Crippen molar-refractivity contribution in [2.45, 2.75) is 71.9 Å². The molecule has 0 aromatic heterocycles. The number of anilines is 1. The Morgan fingerprint density at radius 1 is 1.11 bits per heavy atom. The van der Waals surface area contributed by atoms with Gasteiger partial charge in [0.25, 0.3) is 0 Å². The number of piperidine rings is 1. The number of carbonyl (C=O) groups is 2. The molecule has 1 unspecified atom stereocenters. The van der Waals surface area contributed by atoms with Gasteiger partial charge < -0.3 is 10.2 Å². The van der Waals surface area contributed by atoms with Crippen LogP contribution in [0.3, 0.4) is 0 Å². The van der Waals surface area contributed by atoms with Crippen molar-refractivity contribution in [1.29, 1.82) is 0 Å². The molecule has 1 N–H and O–H groups in total. The highest BCUT2D eigenvalue weighted by molar-refractivity contribution is 6.07. The molecule has 0 spiro atoms. The molecule has 1 aromatic carbocycles. The largest absolute Gasteiger partial charge is 0.418 e. The predicted molar refractivity (Wildman–Crippen MR) is 128 cm³/mol. The number of alkyl halides is 3. The molecule has 35 heavy (non-hydrogen) atoms. The molecule has 4 nitrogen and oxygen atoms in total. The number of halogens is 3. The maximum atomic E-state index is 13.5. The molecule has 190 valence electrons. The monoisotopic (exact) mass is 488 g/mol. The Labute approximate surface area is 205 Å². The smallest absolute Gasteiger partial charge is 0.325 e. The zero-order valence-corrected chi connectivity index (χ0v) is 21.0. The van der Waals surface area contributed by atoms with Gasteiger partial charge in [0.2, 0.25) is 11.8 Å². The van der Waals surface area contributed by atoms with E-state index in [0.29, 0.717) is 29.6 Å². The van der Waals surface area contributed by atoms with Gasteiger partial charge in [0.1, 0.15) is 5.92 Å². The number of nitrogens with zero attached hydrogens (tertiary/aromatic N) is 1. The molecular weight excluding hydrogens is 453 g/mol. The lowest BCUT2D eigenvalue weighted by molar-refractivity contribution is -0.147. The van der Waals surface area contributed by atoms with Crippen molar-refractivity contribution in [3.63, 3.8) is 0 Å². The van der Waals surface area contributed by atoms with Crippen molar-refractivity contribution in [3.05, 3.63) is 41.1 Å². The number of hydrogen-bond donors (Lipinski definition) is 1. The van der Waals surface area contributed by atoms with E-state index in [2.05, 4.69) is 26.1 Å². The topological polar surface area (TPSA) is 49.4 Å². The fraction of sp³-hybridized carbons (Fsp3) is 0.643. The normalized spacial score (nSPS) is 37.0. The molecule has 1 aromatic rings. The Morgan fingerprint density at radius 2 is 1.83 bits per heavy atom. The molecule has 3 aliphatic carbocycles. The van der Waals surface area contributed by atoms with Gasteiger partial charge in [-0.3, -0.25) is 9.59 Å². The van der Waals surface area contributed by atoms with E-state index < -0.39 is 23.6 Å². The van der Waals surface area contributed by atoms with E-state index in [1.807, 2.05) is 0 Å². The van der Waals surface area contributed by atoms with Gasteiger partial charge >= 0.3 is 6.18 Å². The van der Waals surface area contributed by atoms with Gasteiger partial charge in [0.15, 0.2) is 0 Å². The zero-order valence-electron chi connectivity index (χ0n) is 21.0. The molecule has 2 amide bonds. The summed E-state index contributed by atoms with van der Waals surface area (Å²) in [6, 6.07) is 4.94. The lowest BCUT2D eigenvalue weighted by Gasteiger charge is -2.59. The number of rotatable bonds is 2. The summed E-state index contributed by atoms with van der Waals surface area (Å²) in [4.78, 5) is 28.4. The Bertz CT molecular complexity index is 1100. The van der Waals surface area contributed by atoms with Crippen LogP contribution in [0.15, 0.2) is 35.5 Å². The van der Waals surface area contributed by atoms with Crippen LogP contribution in [0.1, 0.15) is 71.3 Å². The number of carbonyl (C=O) groups excluding carboxylic acids is 2. The van der Waals surface area contributed by atoms with Crippen LogP contribution in [0, 0.1) is 34.5 Å². The van der Waals surface area contributed by atoms with Gasteiger partial charge in [-0.15, -0.1) is 0 Å². The minimum atomic E-state index is -4.59. The number of amides is 2. The molecule has 3 fully saturated rings. The van der Waals surface area contributed by atoms with Crippen LogP contribution in [0.2, 0.25) is 0 Å². The quantitative estimate of drug-likeness (QED) is 0.475. The highest BCUT2D eigenvalue weighted by Gasteiger charge is 2.60. The summed E-state index contributed by atoms with van der Waals surface area (Å²) in [6.45, 7) is 6.74. The number of fused-ring (bicyclic) bond motifs is 5. The van der Waals surface area contributed by atoms with Crippen molar-refractivity contribution < 1.29 is 22.8 Å². The van der Waals surface area contributed by atoms with Crippen molar-refractivity contribution in [2.24, 2.45) is 34.5 Å². The summed E-state index contributed by atoms with van der Waals surface area (Å²) in [6.07, 6.45) is 2.74. The standard InChI is InChI=1S/C28H35F3N2O2/c1-16-14-17-19-9-7-12-26(19,2)13-11-20(17)27(3)15-18(25(35)33(4)23(16)27)24(34)32-22-10-6-5-8-21(22)28(29,30)31/h5-6,8,10,17-20H,7,9,11-15H2,1-4H3,(H,32,34)/t17-,18?,19-,20+,26-,27+/m0/s1. The number of hydrogen-bond acceptors (Lipinski definition) is 2. The first-order valence-electron chi connectivity index (χ1n) is 12.8. The zero-order chi connectivity index (χ0) is 25.3. The number of nitrogens with one attached hydrogen (secondary N) is 1. The predicted octanol–water partition coefficient (Wildman–Crippen LogP) is 6.64. The number of allylic oxidation sites excluding steroid dienone is 2. The number of likely N-dealkylation sites (tertiary alicyclic amines) is 1. The molecular formula is C28H35F3N2O2. The fourth-order valence-corrected chi connectivity index (χ4v) is 8.51. The Morgan fingerprint density at radius 3 is 2.54 bits per heavy atom. The number of benzene rings is 1. The molecule has 1 saturated heterocycles. The fourth-order valence-electron chi connectivity index (χ4n) is 8.51. The van der Waals surface area contributed by atoms with Crippen LogP contribution in [0.5, 0.6) is 0 Å². The highest BCUT2D eigenvalue weighted by atomic mass is 19.4. The lowest BCUT2D eigenvalue weighted by Crippen LogP contribution is -2.57. The second-order valence-corrected chi connectivity index (χ2v) is 11.9. The summed E-state index contributed by atoms with van der Waals surface area (Å²) in [7, 11) is 1.73. The van der Waals surface area contributed by atoms with E-state index >= 15 is 0 Å². The summed E-state index contributed by atoms with van der Waals surface area (Å²) in [5.74, 6) is -0.451. The third-order valence-electron chi connectivity index (χ3n) is 9.92. The van der Waals surface area contributed by atoms with Gasteiger partial charge in [-0.2, -0.15) is 13.2 Å². The molecule has 7 heteroatoms. The molecule has 5 rings (SSSR count). The van der Waals surface area contributed by atoms with E-state index in [1.165, 1.54) is 43.0 Å². The summed E-state index contributed by atoms with van der Waals surface area (Å²) >= 11 is 0. The van der Waals surface area contributed by atoms with Gasteiger partial charge in [-0.25, -0.2) is 0 Å². The molecule has 1 heterocycles. The molecule has 0 bridgehead atoms. The van der Waals surface area contributed by atoms with Crippen LogP contribution in [-0.4, -0.2) is 23.8 Å². The average molecular weight is 489 g/mol. The van der Waals surface area contributed by atoms with Gasteiger partial charge in [-0.05, 0) is 80.8 Å². The van der Waals surface area contributed by atoms with E-state index in [1.54, 1.807) is 11.9 Å². The maximum absolute atomic E-state index is 13.5. The van der Waals surface area contributed by atoms with Crippen molar-refractivity contribution in [1.82, 2.24) is 4.90 Å². The van der Waals surface area contributed by atoms with Crippen LogP contribution < -0.4 is 5.32 Å². The van der Waals surface area contributed by atoms with Crippen molar-refractivity contribution in [2.75, 3.05) is 12.4 Å². The maximum Gasteiger partial charge on any atom is 0.418 e. The molecule has 1 aliphatic heterocycles. The molecule has 6 atom stereocenters. The average Bonchev–Trinajstić information content (AvgIpc) is 3.18. The summed E-state index contributed by atoms with van der Waals surface area (Å²) in [5.41, 5.74) is 1.07. The van der Waals surface area contributed by atoms with Crippen LogP contribution >= 0.6 is 0 Å². The first kappa shape index (κ1) is 24.4.